The third-order valence-electron chi connectivity index (χ3n) is 9.61. The topological polar surface area (TPSA) is 153 Å². The molecule has 6 aromatic heterocycles. The number of unbranched alkanes of at least 4 members (excludes halogenated alkanes) is 3. The van der Waals surface area contributed by atoms with Crippen LogP contribution in [0, 0.1) is 0 Å². The summed E-state index contributed by atoms with van der Waals surface area (Å²) >= 11 is 5.34. The number of isothiocyanates is 1. The van der Waals surface area contributed by atoms with Gasteiger partial charge in [-0.3, -0.25) is 24.5 Å². The summed E-state index contributed by atoms with van der Waals surface area (Å²) in [7, 11) is 0. The molecular weight excluding hydrogens is 973 g/mol. The zero-order chi connectivity index (χ0) is 46.0. The van der Waals surface area contributed by atoms with Gasteiger partial charge in [-0.05, 0) is 99.8 Å². The second-order valence-electron chi connectivity index (χ2n) is 14.0. The van der Waals surface area contributed by atoms with Crippen LogP contribution in [0.1, 0.15) is 55.0 Å². The van der Waals surface area contributed by atoms with E-state index in [1.165, 1.54) is 47.0 Å². The fraction of sp³-hybridized carbons (Fsp3) is 0.143. The van der Waals surface area contributed by atoms with E-state index in [9.17, 15) is 22.8 Å². The molecule has 0 unspecified atom stereocenters. The molecule has 11 nitrogen and oxygen atoms in total. The number of hydrogen-bond donors (Lipinski definition) is 0. The summed E-state index contributed by atoms with van der Waals surface area (Å²) < 4.78 is 48.2. The minimum absolute atomic E-state index is 0. The molecule has 0 amide bonds. The molecule has 334 valence electrons. The molecule has 0 saturated carbocycles. The first-order chi connectivity index (χ1) is 31.6. The summed E-state index contributed by atoms with van der Waals surface area (Å²) in [6.45, 7) is 2.87. The fourth-order valence-corrected chi connectivity index (χ4v) is 7.52. The number of thiophene rings is 1. The van der Waals surface area contributed by atoms with Gasteiger partial charge in [-0.15, -0.1) is 11.3 Å². The number of pyridine rings is 4. The van der Waals surface area contributed by atoms with Crippen molar-refractivity contribution in [3.05, 3.63) is 155 Å². The van der Waals surface area contributed by atoms with E-state index >= 15 is 0 Å². The van der Waals surface area contributed by atoms with Crippen molar-refractivity contribution in [2.75, 3.05) is 0 Å². The van der Waals surface area contributed by atoms with Crippen molar-refractivity contribution in [3.8, 4) is 56.1 Å². The maximum absolute atomic E-state index is 12.7. The Balaban J connectivity index is 0.000000241. The molecule has 0 bridgehead atoms. The number of rotatable bonds is 15. The Morgan fingerprint density at radius 3 is 2.06 bits per heavy atom. The molecule has 0 aliphatic carbocycles. The number of carbonyl (C=O) groups excluding carboxylic acids is 2. The third kappa shape index (κ3) is 14.1. The molecule has 8 rings (SSSR count). The Labute approximate surface area is 400 Å². The van der Waals surface area contributed by atoms with Crippen LogP contribution in [0.25, 0.3) is 72.9 Å². The van der Waals surface area contributed by atoms with Crippen molar-refractivity contribution in [2.24, 2.45) is 0 Å². The van der Waals surface area contributed by atoms with Crippen molar-refractivity contribution in [1.29, 1.82) is 0 Å². The van der Waals surface area contributed by atoms with Gasteiger partial charge in [0.2, 0.25) is 0 Å². The van der Waals surface area contributed by atoms with E-state index in [0.29, 0.717) is 47.2 Å². The van der Waals surface area contributed by atoms with Crippen LogP contribution in [-0.2, 0) is 41.7 Å². The number of alkyl halides is 3. The summed E-state index contributed by atoms with van der Waals surface area (Å²) in [6, 6.07) is 31.4. The van der Waals surface area contributed by atoms with Crippen LogP contribution in [0.4, 0.5) is 13.2 Å². The van der Waals surface area contributed by atoms with E-state index in [0.717, 1.165) is 40.5 Å². The van der Waals surface area contributed by atoms with E-state index in [1.807, 2.05) is 42.5 Å². The zero-order valence-corrected chi connectivity index (χ0v) is 38.4. The van der Waals surface area contributed by atoms with Crippen LogP contribution in [-0.4, -0.2) is 43.1 Å². The van der Waals surface area contributed by atoms with Crippen molar-refractivity contribution < 1.29 is 51.7 Å². The van der Waals surface area contributed by atoms with Crippen molar-refractivity contribution >= 4 is 64.6 Å². The monoisotopic (exact) mass is 1010 g/mol. The van der Waals surface area contributed by atoms with Gasteiger partial charge >= 0.3 is 25.7 Å². The van der Waals surface area contributed by atoms with Gasteiger partial charge in [0, 0.05) is 41.7 Å². The molecule has 8 aromatic rings. The number of hydrogen-bond acceptors (Lipinski definition) is 11. The van der Waals surface area contributed by atoms with E-state index in [2.05, 4.69) is 91.1 Å². The molecule has 0 aliphatic heterocycles. The Kier molecular flexibility index (Phi) is 19.0. The summed E-state index contributed by atoms with van der Waals surface area (Å²) in [6.07, 6.45) is 10.1. The number of halogens is 3. The first-order valence-electron chi connectivity index (χ1n) is 20.1. The van der Waals surface area contributed by atoms with Gasteiger partial charge in [0.15, 0.2) is 0 Å². The van der Waals surface area contributed by atoms with E-state index in [4.69, 9.17) is 14.9 Å². The van der Waals surface area contributed by atoms with Crippen molar-refractivity contribution in [1.82, 2.24) is 30.1 Å². The second-order valence-corrected chi connectivity index (χ2v) is 15.1. The van der Waals surface area contributed by atoms with Gasteiger partial charge in [0.05, 0.1) is 28.5 Å². The van der Waals surface area contributed by atoms with Crippen LogP contribution < -0.4 is 14.6 Å². The largest absolute Gasteiger partial charge is 2.00 e. The van der Waals surface area contributed by atoms with E-state index in [-0.39, 0.29) is 30.9 Å². The summed E-state index contributed by atoms with van der Waals surface area (Å²) in [5, 5.41) is 19.7. The predicted molar refractivity (Wildman–Crippen MR) is 250 cm³/mol. The molecule has 0 saturated heterocycles. The second kappa shape index (κ2) is 25.0. The molecule has 0 atom stereocenters. The number of benzene rings is 2. The van der Waals surface area contributed by atoms with E-state index < -0.39 is 11.9 Å². The molecule has 0 fully saturated rings. The normalized spacial score (nSPS) is 10.7. The number of aromatic nitrogens is 6. The van der Waals surface area contributed by atoms with Gasteiger partial charge in [-0.1, -0.05) is 92.6 Å². The van der Waals surface area contributed by atoms with Crippen molar-refractivity contribution in [2.45, 2.75) is 45.2 Å². The number of fused-ring (bicyclic) bond motifs is 1. The first kappa shape index (κ1) is 50.1. The van der Waals surface area contributed by atoms with Crippen LogP contribution in [0.5, 0.6) is 11.5 Å². The predicted octanol–water partition coefficient (Wildman–Crippen LogP) is 12.2. The Morgan fingerprint density at radius 2 is 1.36 bits per heavy atom. The fourth-order valence-electron chi connectivity index (χ4n) is 6.56. The van der Waals surface area contributed by atoms with Crippen LogP contribution in [0.2, 0.25) is 0 Å². The smallest absolute Gasteiger partial charge is 0.753 e. The SMILES string of the molecule is CCCCCCc1ccsc1-c1ccnc(-c2cc(C(F)(F)F)n[n-]2)c1.O=COc1ccnc(-c2cc(OC=O)cc(-c3cc(/C=C/c4ccc5ccccc5c4)ccn3)n2)c1.[N-]=C=S.[Ru+2]. The summed E-state index contributed by atoms with van der Waals surface area (Å²) in [5.41, 5.74) is 5.74. The molecule has 17 heteroatoms. The van der Waals surface area contributed by atoms with Crippen LogP contribution in [0.15, 0.2) is 127 Å². The number of thiocarbonyl (C=S) groups is 1. The van der Waals surface area contributed by atoms with Gasteiger partial charge in [-0.2, -0.15) is 18.3 Å². The standard InChI is InChI=1S/C29H19N3O4.C19H19F3N3S.CNS.Ru/c33-18-35-24-10-12-31-27(15-24)29-17-25(36-19-34)16-28(32-29)26-14-21(9-11-30-26)6-5-20-7-8-22-3-1-2-4-23(22)13-20;1-2-3-4-5-6-13-8-10-26-18(13)14-7-9-23-15(11-14)16-12-17(25-24-16)19(20,21)22;2-1-3;/h1-19H;7-12H,2-6H2,1H3;;/q;2*-1;+2/b6-5+;;;. The molecule has 0 aliphatic rings. The van der Waals surface area contributed by atoms with Crippen LogP contribution >= 0.6 is 23.6 Å². The minimum atomic E-state index is -4.50. The maximum Gasteiger partial charge on any atom is 2.00 e. The molecule has 66 heavy (non-hydrogen) atoms. The Bertz CT molecular complexity index is 2940. The van der Waals surface area contributed by atoms with Gasteiger partial charge in [0.25, 0.3) is 12.9 Å². The number of aryl methyl sites for hydroxylation is 1. The third-order valence-corrected chi connectivity index (χ3v) is 10.6. The van der Waals surface area contributed by atoms with Gasteiger partial charge in [0.1, 0.15) is 17.2 Å². The first-order valence-corrected chi connectivity index (χ1v) is 21.4. The number of ether oxygens (including phenoxy) is 2. The van der Waals surface area contributed by atoms with E-state index in [1.54, 1.807) is 54.1 Å². The average molecular weight is 1010 g/mol. The number of nitrogens with zero attached hydrogens (tertiary/aromatic N) is 7. The molecule has 0 N–H and O–H groups in total. The molecule has 0 radical (unpaired) electrons. The number of carbonyl (C=O) groups is 2. The van der Waals surface area contributed by atoms with Gasteiger partial charge in [-0.25, -0.2) is 4.98 Å². The molecule has 0 spiro atoms. The molecule has 6 heterocycles. The molecular formula is C49H38F3N7O4RuS2. The minimum Gasteiger partial charge on any atom is -0.753 e. The van der Waals surface area contributed by atoms with Gasteiger partial charge < -0.3 is 25.1 Å². The summed E-state index contributed by atoms with van der Waals surface area (Å²) in [4.78, 5) is 40.4. The quantitative estimate of drug-likeness (QED) is 0.0317. The Morgan fingerprint density at radius 1 is 0.727 bits per heavy atom. The average Bonchev–Trinajstić information content (AvgIpc) is 4.02. The zero-order valence-electron chi connectivity index (χ0n) is 35.0. The maximum atomic E-state index is 12.7. The summed E-state index contributed by atoms with van der Waals surface area (Å²) in [5.74, 6) is 0.603. The van der Waals surface area contributed by atoms with Crippen molar-refractivity contribution in [3.63, 3.8) is 0 Å². The van der Waals surface area contributed by atoms with Crippen LogP contribution in [0.3, 0.4) is 0 Å². The molecule has 2 aromatic carbocycles. The Hall–Kier alpha value is -6.90.